The zero-order valence-electron chi connectivity index (χ0n) is 20.6. The third-order valence-corrected chi connectivity index (χ3v) is 7.17. The van der Waals surface area contributed by atoms with Crippen LogP contribution in [0.1, 0.15) is 38.5 Å². The summed E-state index contributed by atoms with van der Waals surface area (Å²) in [5.74, 6) is -0.0659. The Kier molecular flexibility index (Phi) is 8.72. The van der Waals surface area contributed by atoms with Crippen LogP contribution in [0.3, 0.4) is 0 Å². The Morgan fingerprint density at radius 3 is 2.39 bits per heavy atom. The normalized spacial score (nSPS) is 15.0. The molecule has 2 amide bonds. The van der Waals surface area contributed by atoms with Crippen LogP contribution >= 0.6 is 11.3 Å². The highest BCUT2D eigenvalue weighted by Crippen LogP contribution is 2.21. The lowest BCUT2D eigenvalue weighted by atomic mass is 10.1. The Morgan fingerprint density at radius 1 is 1.03 bits per heavy atom. The number of carbonyl (C=O) groups is 2. The minimum atomic E-state index is -0.321. The largest absolute Gasteiger partial charge is 0.497 e. The first-order valence-corrected chi connectivity index (χ1v) is 12.9. The van der Waals surface area contributed by atoms with Crippen LogP contribution in [0.25, 0.3) is 0 Å². The molecule has 190 valence electrons. The van der Waals surface area contributed by atoms with Crippen LogP contribution in [0.5, 0.6) is 5.75 Å². The number of benzene rings is 2. The van der Waals surface area contributed by atoms with Crippen molar-refractivity contribution in [3.63, 3.8) is 0 Å². The van der Waals surface area contributed by atoms with Crippen LogP contribution < -0.4 is 4.74 Å². The van der Waals surface area contributed by atoms with Gasteiger partial charge in [0.1, 0.15) is 18.1 Å². The van der Waals surface area contributed by atoms with E-state index in [2.05, 4.69) is 0 Å². The Hall–Kier alpha value is -3.23. The summed E-state index contributed by atoms with van der Waals surface area (Å²) in [6.45, 7) is 3.70. The molecule has 0 radical (unpaired) electrons. The van der Waals surface area contributed by atoms with Gasteiger partial charge in [0.15, 0.2) is 0 Å². The molecule has 0 saturated carbocycles. The zero-order valence-corrected chi connectivity index (χ0v) is 21.4. The molecule has 0 aliphatic carbocycles. The maximum Gasteiger partial charge on any atom is 0.254 e. The van der Waals surface area contributed by atoms with E-state index in [1.165, 1.54) is 12.1 Å². The SMILES string of the molecule is COc1ccc(C(=O)N(CC(=O)N(Cc2ccc(F)cc2)Cc2ccc(C)s2)C[C@@H]2CCCO2)cc1. The van der Waals surface area contributed by atoms with E-state index in [1.807, 2.05) is 19.1 Å². The van der Waals surface area contributed by atoms with Crippen molar-refractivity contribution >= 4 is 23.2 Å². The molecule has 0 unspecified atom stereocenters. The molecule has 1 atom stereocenters. The first kappa shape index (κ1) is 25.9. The van der Waals surface area contributed by atoms with Crippen molar-refractivity contribution in [1.82, 2.24) is 9.80 Å². The van der Waals surface area contributed by atoms with Crippen LogP contribution in [0, 0.1) is 12.7 Å². The quantitative estimate of drug-likeness (QED) is 0.383. The molecule has 2 aromatic carbocycles. The number of amides is 2. The number of hydrogen-bond donors (Lipinski definition) is 0. The van der Waals surface area contributed by atoms with Gasteiger partial charge in [-0.2, -0.15) is 0 Å². The van der Waals surface area contributed by atoms with Crippen molar-refractivity contribution < 1.29 is 23.5 Å². The fourth-order valence-electron chi connectivity index (χ4n) is 4.23. The van der Waals surface area contributed by atoms with Crippen LogP contribution in [0.2, 0.25) is 0 Å². The molecule has 1 aliphatic heterocycles. The number of methoxy groups -OCH3 is 1. The molecule has 4 rings (SSSR count). The molecule has 36 heavy (non-hydrogen) atoms. The first-order chi connectivity index (χ1) is 17.4. The third kappa shape index (κ3) is 6.92. The van der Waals surface area contributed by atoms with Gasteiger partial charge >= 0.3 is 0 Å². The molecule has 3 aromatic rings. The van der Waals surface area contributed by atoms with E-state index in [0.717, 1.165) is 28.2 Å². The molecule has 1 fully saturated rings. The molecule has 1 aromatic heterocycles. The van der Waals surface area contributed by atoms with Gasteiger partial charge < -0.3 is 19.3 Å². The highest BCUT2D eigenvalue weighted by molar-refractivity contribution is 7.11. The monoisotopic (exact) mass is 510 g/mol. The number of rotatable bonds is 10. The standard InChI is InChI=1S/C28H31FN2O4S/c1-20-5-14-26(36-20)18-30(16-21-6-10-23(29)11-7-21)27(32)19-31(17-25-4-3-15-35-25)28(33)22-8-12-24(34-2)13-9-22/h5-14,25H,3-4,15-19H2,1-2H3/t25-/m0/s1. The van der Waals surface area contributed by atoms with Gasteiger partial charge in [0, 0.05) is 35.0 Å². The van der Waals surface area contributed by atoms with Gasteiger partial charge in [-0.25, -0.2) is 4.39 Å². The number of hydrogen-bond acceptors (Lipinski definition) is 5. The van der Waals surface area contributed by atoms with E-state index >= 15 is 0 Å². The second-order valence-corrected chi connectivity index (χ2v) is 10.3. The van der Waals surface area contributed by atoms with E-state index in [0.29, 0.717) is 37.6 Å². The van der Waals surface area contributed by atoms with Crippen molar-refractivity contribution in [2.45, 2.75) is 39.0 Å². The van der Waals surface area contributed by atoms with Gasteiger partial charge in [0.2, 0.25) is 5.91 Å². The van der Waals surface area contributed by atoms with E-state index in [9.17, 15) is 14.0 Å². The second kappa shape index (κ2) is 12.1. The molecule has 0 bridgehead atoms. The fraction of sp³-hybridized carbons (Fsp3) is 0.357. The number of ether oxygens (including phenoxy) is 2. The summed E-state index contributed by atoms with van der Waals surface area (Å²) in [7, 11) is 1.57. The summed E-state index contributed by atoms with van der Waals surface area (Å²) in [6, 6.07) is 17.1. The number of carbonyl (C=O) groups excluding carboxylic acids is 2. The molecule has 1 aliphatic rings. The summed E-state index contributed by atoms with van der Waals surface area (Å²) in [5, 5.41) is 0. The number of halogens is 1. The molecule has 8 heteroatoms. The molecule has 1 saturated heterocycles. The van der Waals surface area contributed by atoms with Crippen molar-refractivity contribution in [3.05, 3.63) is 87.4 Å². The minimum Gasteiger partial charge on any atom is -0.497 e. The number of thiophene rings is 1. The van der Waals surface area contributed by atoms with Crippen LogP contribution in [-0.2, 0) is 22.6 Å². The second-order valence-electron chi connectivity index (χ2n) is 8.94. The Bertz CT molecular complexity index is 1160. The van der Waals surface area contributed by atoms with Gasteiger partial charge in [-0.3, -0.25) is 9.59 Å². The van der Waals surface area contributed by atoms with Crippen molar-refractivity contribution in [1.29, 1.82) is 0 Å². The Morgan fingerprint density at radius 2 is 1.78 bits per heavy atom. The van der Waals surface area contributed by atoms with Crippen LogP contribution in [0.15, 0.2) is 60.7 Å². The first-order valence-electron chi connectivity index (χ1n) is 12.0. The van der Waals surface area contributed by atoms with Crippen molar-refractivity contribution in [3.8, 4) is 5.75 Å². The summed E-state index contributed by atoms with van der Waals surface area (Å²) in [6.07, 6.45) is 1.71. The average molecular weight is 511 g/mol. The highest BCUT2D eigenvalue weighted by atomic mass is 32.1. The zero-order chi connectivity index (χ0) is 25.5. The smallest absolute Gasteiger partial charge is 0.254 e. The lowest BCUT2D eigenvalue weighted by Gasteiger charge is -2.29. The minimum absolute atomic E-state index is 0.0731. The molecule has 6 nitrogen and oxygen atoms in total. The van der Waals surface area contributed by atoms with E-state index in [4.69, 9.17) is 9.47 Å². The summed E-state index contributed by atoms with van der Waals surface area (Å²) >= 11 is 1.63. The lowest BCUT2D eigenvalue weighted by Crippen LogP contribution is -2.45. The fourth-order valence-corrected chi connectivity index (χ4v) is 5.14. The van der Waals surface area contributed by atoms with Gasteiger partial charge in [-0.15, -0.1) is 11.3 Å². The molecule has 2 heterocycles. The maximum absolute atomic E-state index is 13.6. The predicted octanol–water partition coefficient (Wildman–Crippen LogP) is 5.05. The number of nitrogens with zero attached hydrogens (tertiary/aromatic N) is 2. The van der Waals surface area contributed by atoms with E-state index in [1.54, 1.807) is 64.6 Å². The van der Waals surface area contributed by atoms with Gasteiger partial charge in [0.05, 0.1) is 19.8 Å². The predicted molar refractivity (Wildman–Crippen MR) is 138 cm³/mol. The molecule has 0 N–H and O–H groups in total. The maximum atomic E-state index is 13.6. The molecular weight excluding hydrogens is 479 g/mol. The van der Waals surface area contributed by atoms with Gasteiger partial charge in [-0.05, 0) is 73.9 Å². The summed E-state index contributed by atoms with van der Waals surface area (Å²) < 4.78 is 24.4. The summed E-state index contributed by atoms with van der Waals surface area (Å²) in [4.78, 5) is 32.6. The topological polar surface area (TPSA) is 59.1 Å². The average Bonchev–Trinajstić information content (AvgIpc) is 3.55. The van der Waals surface area contributed by atoms with Crippen molar-refractivity contribution in [2.24, 2.45) is 0 Å². The van der Waals surface area contributed by atoms with Crippen LogP contribution in [0.4, 0.5) is 4.39 Å². The molecule has 0 spiro atoms. The molecular formula is C28H31FN2O4S. The van der Waals surface area contributed by atoms with Crippen LogP contribution in [-0.4, -0.2) is 54.5 Å². The van der Waals surface area contributed by atoms with E-state index in [-0.39, 0.29) is 30.3 Å². The summed E-state index contributed by atoms with van der Waals surface area (Å²) in [5.41, 5.74) is 1.31. The van der Waals surface area contributed by atoms with Crippen molar-refractivity contribution in [2.75, 3.05) is 26.8 Å². The Balaban J connectivity index is 1.55. The van der Waals surface area contributed by atoms with Gasteiger partial charge in [0.25, 0.3) is 5.91 Å². The van der Waals surface area contributed by atoms with Gasteiger partial charge in [-0.1, -0.05) is 12.1 Å². The number of aryl methyl sites for hydroxylation is 1. The Labute approximate surface area is 215 Å². The highest BCUT2D eigenvalue weighted by Gasteiger charge is 2.27. The van der Waals surface area contributed by atoms with E-state index < -0.39 is 0 Å². The lowest BCUT2D eigenvalue weighted by molar-refractivity contribution is -0.133. The third-order valence-electron chi connectivity index (χ3n) is 6.18.